The number of aryl methyl sites for hydroxylation is 1. The van der Waals surface area contributed by atoms with Crippen LogP contribution in [0.4, 0.5) is 0 Å². The molecule has 31 heavy (non-hydrogen) atoms. The number of hydrogen-bond acceptors (Lipinski definition) is 6. The van der Waals surface area contributed by atoms with E-state index in [1.54, 1.807) is 13.1 Å². The molecule has 1 fully saturated rings. The van der Waals surface area contributed by atoms with Crippen molar-refractivity contribution < 1.29 is 13.9 Å². The minimum absolute atomic E-state index is 0.267. The molecule has 8 nitrogen and oxygen atoms in total. The lowest BCUT2D eigenvalue weighted by Crippen LogP contribution is -2.46. The lowest BCUT2D eigenvalue weighted by atomic mass is 10.0. The molecule has 2 atom stereocenters. The van der Waals surface area contributed by atoms with Crippen LogP contribution < -0.4 is 16.4 Å². The first-order chi connectivity index (χ1) is 15.0. The molecule has 2 N–H and O–H groups in total. The van der Waals surface area contributed by atoms with E-state index in [9.17, 15) is 14.9 Å². The van der Waals surface area contributed by atoms with E-state index in [1.807, 2.05) is 36.4 Å². The Hall–Kier alpha value is -3.41. The lowest BCUT2D eigenvalue weighted by molar-refractivity contribution is -0.132. The van der Waals surface area contributed by atoms with Gasteiger partial charge < -0.3 is 19.8 Å². The minimum Gasteiger partial charge on any atom is -0.408 e. The number of ether oxygens (including phenoxy) is 1. The first-order valence-electron chi connectivity index (χ1n) is 10.3. The van der Waals surface area contributed by atoms with E-state index < -0.39 is 17.9 Å². The van der Waals surface area contributed by atoms with Gasteiger partial charge in [0.05, 0.1) is 11.6 Å². The van der Waals surface area contributed by atoms with Crippen molar-refractivity contribution in [2.45, 2.75) is 25.0 Å². The summed E-state index contributed by atoms with van der Waals surface area (Å²) < 4.78 is 12.2. The number of nitrogens with one attached hydrogen (secondary N) is 2. The second kappa shape index (κ2) is 9.16. The molecule has 2 aromatic carbocycles. The Bertz CT molecular complexity index is 1160. The Morgan fingerprint density at radius 1 is 1.29 bits per heavy atom. The minimum atomic E-state index is -0.637. The molecule has 0 saturated carbocycles. The highest BCUT2D eigenvalue weighted by molar-refractivity contribution is 5.82. The standard InChI is InChI=1S/C23H24N4O4/c1-27-19-12-17(7-8-20(19)31-23(27)29)16-5-3-15(4-6-16)11-18(13-24)26-22(28)21-14-25-9-2-10-30-21/h3-8,12,18,21,25H,2,9-11,14H2,1H3,(H,26,28)/t18?,21-/m0/s1. The zero-order valence-corrected chi connectivity index (χ0v) is 17.3. The Morgan fingerprint density at radius 2 is 2.06 bits per heavy atom. The van der Waals surface area contributed by atoms with Gasteiger partial charge in [0.1, 0.15) is 12.1 Å². The van der Waals surface area contributed by atoms with Crippen molar-refractivity contribution in [3.05, 3.63) is 58.6 Å². The van der Waals surface area contributed by atoms with Gasteiger partial charge in [0.2, 0.25) is 0 Å². The van der Waals surface area contributed by atoms with Gasteiger partial charge in [-0.15, -0.1) is 0 Å². The Labute approximate surface area is 179 Å². The molecule has 0 aliphatic carbocycles. The highest BCUT2D eigenvalue weighted by atomic mass is 16.5. The fourth-order valence-corrected chi connectivity index (χ4v) is 3.65. The number of aromatic nitrogens is 1. The van der Waals surface area contributed by atoms with E-state index in [0.717, 1.165) is 35.2 Å². The SMILES string of the molecule is Cn1c(=O)oc2ccc(-c3ccc(CC(C#N)NC(=O)[C@@H]4CNCCCO4)cc3)cc21. The van der Waals surface area contributed by atoms with E-state index in [4.69, 9.17) is 9.15 Å². The van der Waals surface area contributed by atoms with Gasteiger partial charge >= 0.3 is 5.76 Å². The molecule has 3 aromatic rings. The fraction of sp³-hybridized carbons (Fsp3) is 0.348. The summed E-state index contributed by atoms with van der Waals surface area (Å²) in [5.74, 6) is -0.659. The molecule has 2 heterocycles. The van der Waals surface area contributed by atoms with Gasteiger partial charge in [0.25, 0.3) is 5.91 Å². The van der Waals surface area contributed by atoms with Gasteiger partial charge in [0.15, 0.2) is 5.58 Å². The van der Waals surface area contributed by atoms with Crippen molar-refractivity contribution >= 4 is 17.0 Å². The average molecular weight is 420 g/mol. The van der Waals surface area contributed by atoms with E-state index in [-0.39, 0.29) is 5.91 Å². The van der Waals surface area contributed by atoms with Crippen LogP contribution in [0.1, 0.15) is 12.0 Å². The predicted molar refractivity (Wildman–Crippen MR) is 115 cm³/mol. The zero-order valence-electron chi connectivity index (χ0n) is 17.3. The second-order valence-corrected chi connectivity index (χ2v) is 7.62. The number of carbonyl (C=O) groups is 1. The maximum Gasteiger partial charge on any atom is 0.419 e. The summed E-state index contributed by atoms with van der Waals surface area (Å²) in [5, 5.41) is 15.4. The first kappa shape index (κ1) is 20.8. The summed E-state index contributed by atoms with van der Waals surface area (Å²) in [7, 11) is 1.67. The van der Waals surface area contributed by atoms with E-state index >= 15 is 0 Å². The molecule has 0 spiro atoms. The third-order valence-electron chi connectivity index (χ3n) is 5.43. The first-order valence-corrected chi connectivity index (χ1v) is 10.3. The fourth-order valence-electron chi connectivity index (χ4n) is 3.65. The van der Waals surface area contributed by atoms with Crippen molar-refractivity contribution in [3.8, 4) is 17.2 Å². The largest absolute Gasteiger partial charge is 0.419 e. The molecule has 1 saturated heterocycles. The molecule has 1 aliphatic rings. The van der Waals surface area contributed by atoms with Crippen LogP contribution in [-0.4, -0.2) is 42.3 Å². The maximum absolute atomic E-state index is 12.4. The molecule has 8 heteroatoms. The van der Waals surface area contributed by atoms with Gasteiger partial charge in [-0.25, -0.2) is 4.79 Å². The molecule has 0 bridgehead atoms. The average Bonchev–Trinajstić information content (AvgIpc) is 2.96. The van der Waals surface area contributed by atoms with Crippen molar-refractivity contribution in [3.63, 3.8) is 0 Å². The number of rotatable bonds is 5. The van der Waals surface area contributed by atoms with Gasteiger partial charge in [-0.1, -0.05) is 30.3 Å². The van der Waals surface area contributed by atoms with E-state index in [1.165, 1.54) is 4.57 Å². The quantitative estimate of drug-likeness (QED) is 0.651. The summed E-state index contributed by atoms with van der Waals surface area (Å²) in [6.45, 7) is 1.80. The molecule has 160 valence electrons. The number of amides is 1. The van der Waals surface area contributed by atoms with Crippen LogP contribution in [0.5, 0.6) is 0 Å². The normalized spacial score (nSPS) is 17.6. The summed E-state index contributed by atoms with van der Waals surface area (Å²) in [6, 6.07) is 14.9. The number of fused-ring (bicyclic) bond motifs is 1. The van der Waals surface area contributed by atoms with Crippen LogP contribution in [0.25, 0.3) is 22.2 Å². The number of oxazole rings is 1. The lowest BCUT2D eigenvalue weighted by Gasteiger charge is -2.18. The van der Waals surface area contributed by atoms with Crippen LogP contribution in [-0.2, 0) is 23.0 Å². The zero-order chi connectivity index (χ0) is 21.8. The number of hydrogen-bond donors (Lipinski definition) is 2. The maximum atomic E-state index is 12.4. The molecule has 1 amide bonds. The van der Waals surface area contributed by atoms with Crippen LogP contribution in [0, 0.1) is 11.3 Å². The van der Waals surface area contributed by atoms with Gasteiger partial charge in [0, 0.05) is 26.6 Å². The summed E-state index contributed by atoms with van der Waals surface area (Å²) in [6.07, 6.45) is 0.689. The van der Waals surface area contributed by atoms with Crippen molar-refractivity contribution in [1.82, 2.24) is 15.2 Å². The van der Waals surface area contributed by atoms with Gasteiger partial charge in [-0.2, -0.15) is 5.26 Å². The van der Waals surface area contributed by atoms with Crippen LogP contribution in [0.15, 0.2) is 51.7 Å². The summed E-state index contributed by atoms with van der Waals surface area (Å²) in [4.78, 5) is 24.1. The number of carbonyl (C=O) groups excluding carboxylic acids is 1. The van der Waals surface area contributed by atoms with Crippen molar-refractivity contribution in [2.75, 3.05) is 19.7 Å². The van der Waals surface area contributed by atoms with E-state index in [2.05, 4.69) is 16.7 Å². The second-order valence-electron chi connectivity index (χ2n) is 7.62. The topological polar surface area (TPSA) is 109 Å². The number of nitriles is 1. The number of benzene rings is 2. The highest BCUT2D eigenvalue weighted by Gasteiger charge is 2.23. The van der Waals surface area contributed by atoms with Crippen LogP contribution >= 0.6 is 0 Å². The smallest absolute Gasteiger partial charge is 0.408 e. The Balaban J connectivity index is 1.43. The van der Waals surface area contributed by atoms with Crippen molar-refractivity contribution in [1.29, 1.82) is 5.26 Å². The number of nitrogens with zero attached hydrogens (tertiary/aromatic N) is 2. The van der Waals surface area contributed by atoms with Crippen LogP contribution in [0.2, 0.25) is 0 Å². The van der Waals surface area contributed by atoms with Crippen LogP contribution in [0.3, 0.4) is 0 Å². The molecule has 0 radical (unpaired) electrons. The molecule has 1 unspecified atom stereocenters. The molecule has 1 aliphatic heterocycles. The molecular weight excluding hydrogens is 396 g/mol. The van der Waals surface area contributed by atoms with Crippen molar-refractivity contribution in [2.24, 2.45) is 7.05 Å². The Morgan fingerprint density at radius 3 is 2.84 bits per heavy atom. The summed E-state index contributed by atoms with van der Waals surface area (Å²) in [5.41, 5.74) is 4.16. The Kier molecular flexibility index (Phi) is 6.16. The molecular formula is C23H24N4O4. The van der Waals surface area contributed by atoms with E-state index in [0.29, 0.717) is 25.2 Å². The molecule has 4 rings (SSSR count). The summed E-state index contributed by atoms with van der Waals surface area (Å²) >= 11 is 0. The highest BCUT2D eigenvalue weighted by Crippen LogP contribution is 2.24. The monoisotopic (exact) mass is 420 g/mol. The van der Waals surface area contributed by atoms with Gasteiger partial charge in [-0.05, 0) is 41.8 Å². The third kappa shape index (κ3) is 4.68. The van der Waals surface area contributed by atoms with Gasteiger partial charge in [-0.3, -0.25) is 9.36 Å². The molecule has 1 aromatic heterocycles. The third-order valence-corrected chi connectivity index (χ3v) is 5.43. The predicted octanol–water partition coefficient (Wildman–Crippen LogP) is 1.73.